The molecule has 0 aliphatic rings. The summed E-state index contributed by atoms with van der Waals surface area (Å²) in [5.41, 5.74) is 3.87. The maximum absolute atomic E-state index is 9.25. The molecule has 88 valence electrons. The molecule has 0 fully saturated rings. The van der Waals surface area contributed by atoms with Crippen molar-refractivity contribution < 1.29 is 5.11 Å². The molecule has 1 N–H and O–H groups in total. The summed E-state index contributed by atoms with van der Waals surface area (Å²) in [5, 5.41) is 9.25. The van der Waals surface area contributed by atoms with Crippen LogP contribution in [0.4, 0.5) is 0 Å². The third kappa shape index (κ3) is 2.75. The first-order valence-corrected chi connectivity index (χ1v) is 6.04. The van der Waals surface area contributed by atoms with E-state index in [4.69, 9.17) is 0 Å². The van der Waals surface area contributed by atoms with Gasteiger partial charge in [0.25, 0.3) is 0 Å². The summed E-state index contributed by atoms with van der Waals surface area (Å²) in [7, 11) is 0. The lowest BCUT2D eigenvalue weighted by molar-refractivity contribution is 0.281. The van der Waals surface area contributed by atoms with Crippen LogP contribution < -0.4 is 0 Å². The third-order valence-corrected chi connectivity index (χ3v) is 3.18. The topological polar surface area (TPSA) is 20.2 Å². The lowest BCUT2D eigenvalue weighted by atomic mass is 9.86. The van der Waals surface area contributed by atoms with Gasteiger partial charge in [-0.3, -0.25) is 0 Å². The van der Waals surface area contributed by atoms with Gasteiger partial charge in [-0.25, -0.2) is 0 Å². The van der Waals surface area contributed by atoms with Crippen molar-refractivity contribution in [3.63, 3.8) is 0 Å². The summed E-state index contributed by atoms with van der Waals surface area (Å²) in [5.74, 6) is 0.294. The fraction of sp³-hybridized carbons (Fsp3) is 0.250. The molecule has 0 aromatic heterocycles. The molecular weight excluding hydrogens is 208 g/mol. The van der Waals surface area contributed by atoms with Crippen LogP contribution in [0, 0.1) is 6.92 Å². The van der Waals surface area contributed by atoms with Crippen LogP contribution in [-0.2, 0) is 0 Å². The Balaban J connectivity index is 2.39. The van der Waals surface area contributed by atoms with Gasteiger partial charge in [-0.2, -0.15) is 0 Å². The van der Waals surface area contributed by atoms with E-state index in [0.29, 0.717) is 5.92 Å². The van der Waals surface area contributed by atoms with E-state index in [0.717, 1.165) is 6.42 Å². The van der Waals surface area contributed by atoms with Gasteiger partial charge in [0.05, 0.1) is 0 Å². The maximum atomic E-state index is 9.25. The molecule has 0 bridgehead atoms. The summed E-state index contributed by atoms with van der Waals surface area (Å²) >= 11 is 0. The number of aryl methyl sites for hydroxylation is 1. The summed E-state index contributed by atoms with van der Waals surface area (Å²) in [6, 6.07) is 18.8. The van der Waals surface area contributed by atoms with Crippen LogP contribution in [0.15, 0.2) is 54.6 Å². The largest absolute Gasteiger partial charge is 0.396 e. The van der Waals surface area contributed by atoms with Gasteiger partial charge in [0.1, 0.15) is 0 Å². The number of hydrogen-bond acceptors (Lipinski definition) is 1. The predicted octanol–water partition coefficient (Wildman–Crippen LogP) is 3.51. The molecule has 1 nitrogen and oxygen atoms in total. The standard InChI is InChI=1S/C16H18O/c1-13-7-5-6-10-15(13)16(11-12-17)14-8-3-2-4-9-14/h2-10,16-17H,11-12H2,1H3. The van der Waals surface area contributed by atoms with Crippen LogP contribution >= 0.6 is 0 Å². The Kier molecular flexibility index (Phi) is 3.94. The zero-order chi connectivity index (χ0) is 12.1. The minimum Gasteiger partial charge on any atom is -0.396 e. The van der Waals surface area contributed by atoms with E-state index < -0.39 is 0 Å². The molecule has 17 heavy (non-hydrogen) atoms. The number of rotatable bonds is 4. The summed E-state index contributed by atoms with van der Waals surface area (Å²) in [6.07, 6.45) is 0.773. The average Bonchev–Trinajstić information content (AvgIpc) is 2.38. The second-order valence-corrected chi connectivity index (χ2v) is 4.33. The van der Waals surface area contributed by atoms with Gasteiger partial charge in [0.2, 0.25) is 0 Å². The Morgan fingerprint density at radius 3 is 2.24 bits per heavy atom. The normalized spacial score (nSPS) is 12.4. The molecule has 2 aromatic rings. The van der Waals surface area contributed by atoms with Crippen molar-refractivity contribution in [2.75, 3.05) is 6.61 Å². The Labute approximate surface area is 103 Å². The molecule has 0 aliphatic carbocycles. The van der Waals surface area contributed by atoms with Gasteiger partial charge in [0, 0.05) is 12.5 Å². The van der Waals surface area contributed by atoms with E-state index in [9.17, 15) is 5.11 Å². The fourth-order valence-corrected chi connectivity index (χ4v) is 2.29. The van der Waals surface area contributed by atoms with E-state index in [1.165, 1.54) is 16.7 Å². The van der Waals surface area contributed by atoms with E-state index in [2.05, 4.69) is 55.5 Å². The summed E-state index contributed by atoms with van der Waals surface area (Å²) in [4.78, 5) is 0. The van der Waals surface area contributed by atoms with Gasteiger partial charge in [0.15, 0.2) is 0 Å². The first kappa shape index (κ1) is 11.9. The van der Waals surface area contributed by atoms with Gasteiger partial charge in [-0.1, -0.05) is 54.6 Å². The van der Waals surface area contributed by atoms with Crippen molar-refractivity contribution in [3.8, 4) is 0 Å². The summed E-state index contributed by atoms with van der Waals surface area (Å²) < 4.78 is 0. The Morgan fingerprint density at radius 2 is 1.59 bits per heavy atom. The molecular formula is C16H18O. The fourth-order valence-electron chi connectivity index (χ4n) is 2.29. The summed E-state index contributed by atoms with van der Waals surface area (Å²) in [6.45, 7) is 2.34. The second-order valence-electron chi connectivity index (χ2n) is 4.33. The monoisotopic (exact) mass is 226 g/mol. The van der Waals surface area contributed by atoms with Gasteiger partial charge < -0.3 is 5.11 Å². The molecule has 0 amide bonds. The molecule has 1 atom stereocenters. The van der Waals surface area contributed by atoms with Crippen LogP contribution in [0.25, 0.3) is 0 Å². The lowest BCUT2D eigenvalue weighted by Crippen LogP contribution is -2.05. The molecule has 1 unspecified atom stereocenters. The number of hydrogen-bond donors (Lipinski definition) is 1. The molecule has 2 aromatic carbocycles. The lowest BCUT2D eigenvalue weighted by Gasteiger charge is -2.19. The highest BCUT2D eigenvalue weighted by Crippen LogP contribution is 2.29. The third-order valence-electron chi connectivity index (χ3n) is 3.18. The van der Waals surface area contributed by atoms with Gasteiger partial charge in [-0.05, 0) is 30.0 Å². The van der Waals surface area contributed by atoms with Crippen LogP contribution in [0.1, 0.15) is 29.0 Å². The van der Waals surface area contributed by atoms with Crippen molar-refractivity contribution in [3.05, 3.63) is 71.3 Å². The van der Waals surface area contributed by atoms with E-state index in [1.54, 1.807) is 0 Å². The maximum Gasteiger partial charge on any atom is 0.0440 e. The van der Waals surface area contributed by atoms with E-state index in [1.807, 2.05) is 6.07 Å². The van der Waals surface area contributed by atoms with Crippen molar-refractivity contribution in [1.29, 1.82) is 0 Å². The number of aliphatic hydroxyl groups excluding tert-OH is 1. The van der Waals surface area contributed by atoms with Crippen LogP contribution in [-0.4, -0.2) is 11.7 Å². The minimum atomic E-state index is 0.216. The quantitative estimate of drug-likeness (QED) is 0.845. The smallest absolute Gasteiger partial charge is 0.0440 e. The molecule has 0 spiro atoms. The molecule has 0 saturated heterocycles. The van der Waals surface area contributed by atoms with Crippen LogP contribution in [0.3, 0.4) is 0 Å². The first-order chi connectivity index (χ1) is 8.33. The first-order valence-electron chi connectivity index (χ1n) is 6.04. The highest BCUT2D eigenvalue weighted by Gasteiger charge is 2.14. The molecule has 1 heteroatoms. The number of benzene rings is 2. The highest BCUT2D eigenvalue weighted by atomic mass is 16.3. The van der Waals surface area contributed by atoms with Gasteiger partial charge in [-0.15, -0.1) is 0 Å². The zero-order valence-corrected chi connectivity index (χ0v) is 10.1. The molecule has 0 aliphatic heterocycles. The average molecular weight is 226 g/mol. The van der Waals surface area contributed by atoms with E-state index in [-0.39, 0.29) is 6.61 Å². The Bertz CT molecular complexity index is 462. The molecule has 0 heterocycles. The Morgan fingerprint density at radius 1 is 0.941 bits per heavy atom. The minimum absolute atomic E-state index is 0.216. The Hall–Kier alpha value is -1.60. The van der Waals surface area contributed by atoms with E-state index >= 15 is 0 Å². The predicted molar refractivity (Wildman–Crippen MR) is 71.2 cm³/mol. The van der Waals surface area contributed by atoms with Crippen molar-refractivity contribution in [2.24, 2.45) is 0 Å². The van der Waals surface area contributed by atoms with Crippen molar-refractivity contribution in [2.45, 2.75) is 19.3 Å². The number of aliphatic hydroxyl groups is 1. The SMILES string of the molecule is Cc1ccccc1C(CCO)c1ccccc1. The van der Waals surface area contributed by atoms with Crippen molar-refractivity contribution in [1.82, 2.24) is 0 Å². The van der Waals surface area contributed by atoms with Crippen LogP contribution in [0.2, 0.25) is 0 Å². The molecule has 0 radical (unpaired) electrons. The van der Waals surface area contributed by atoms with Crippen LogP contribution in [0.5, 0.6) is 0 Å². The van der Waals surface area contributed by atoms with Crippen molar-refractivity contribution >= 4 is 0 Å². The highest BCUT2D eigenvalue weighted by molar-refractivity contribution is 5.37. The van der Waals surface area contributed by atoms with Gasteiger partial charge >= 0.3 is 0 Å². The molecule has 0 saturated carbocycles. The second kappa shape index (κ2) is 5.65. The molecule has 2 rings (SSSR count). The zero-order valence-electron chi connectivity index (χ0n) is 10.1.